The lowest BCUT2D eigenvalue weighted by Gasteiger charge is -2.26. The number of hydrogen-bond acceptors (Lipinski definition) is 5. The molecule has 0 spiro atoms. The maximum Gasteiger partial charge on any atom is 0.230 e. The van der Waals surface area contributed by atoms with E-state index in [1.165, 1.54) is 6.42 Å². The van der Waals surface area contributed by atoms with E-state index in [2.05, 4.69) is 21.9 Å². The molecule has 0 aromatic carbocycles. The van der Waals surface area contributed by atoms with E-state index < -0.39 is 0 Å². The number of likely N-dealkylation sites (tertiary alicyclic amines) is 1. The molecule has 3 aliphatic rings. The molecule has 1 amide bonds. The van der Waals surface area contributed by atoms with E-state index in [1.54, 1.807) is 6.20 Å². The number of amides is 1. The summed E-state index contributed by atoms with van der Waals surface area (Å²) in [5.41, 5.74) is -0.258. The van der Waals surface area contributed by atoms with Crippen LogP contribution in [0.4, 0.5) is 0 Å². The van der Waals surface area contributed by atoms with Crippen LogP contribution in [-0.2, 0) is 11.3 Å². The molecule has 150 valence electrons. The lowest BCUT2D eigenvalue weighted by atomic mass is 9.96. The van der Waals surface area contributed by atoms with Crippen molar-refractivity contribution in [1.29, 1.82) is 0 Å². The van der Waals surface area contributed by atoms with Crippen LogP contribution in [0.3, 0.4) is 0 Å². The fourth-order valence-corrected chi connectivity index (χ4v) is 4.76. The van der Waals surface area contributed by atoms with Crippen LogP contribution in [0.2, 0.25) is 0 Å². The molecule has 4 rings (SSSR count). The molecule has 1 saturated carbocycles. The van der Waals surface area contributed by atoms with Crippen molar-refractivity contribution in [3.8, 4) is 0 Å². The predicted octanol–water partition coefficient (Wildman–Crippen LogP) is 0.368. The van der Waals surface area contributed by atoms with E-state index in [-0.39, 0.29) is 23.8 Å². The summed E-state index contributed by atoms with van der Waals surface area (Å²) in [6.45, 7) is 7.81. The molecular formula is C20H33N5O2. The van der Waals surface area contributed by atoms with Gasteiger partial charge in [0.25, 0.3) is 0 Å². The van der Waals surface area contributed by atoms with Crippen LogP contribution < -0.4 is 0 Å². The second kappa shape index (κ2) is 7.89. The molecule has 3 heterocycles. The monoisotopic (exact) mass is 375 g/mol. The van der Waals surface area contributed by atoms with E-state index in [4.69, 9.17) is 0 Å². The van der Waals surface area contributed by atoms with Crippen molar-refractivity contribution >= 4 is 5.91 Å². The zero-order chi connectivity index (χ0) is 18.9. The molecule has 0 radical (unpaired) electrons. The zero-order valence-electron chi connectivity index (χ0n) is 16.5. The maximum atomic E-state index is 13.2. The van der Waals surface area contributed by atoms with Gasteiger partial charge in [-0.15, -0.1) is 0 Å². The third-order valence-electron chi connectivity index (χ3n) is 6.73. The Bertz CT molecular complexity index is 630. The highest BCUT2D eigenvalue weighted by Gasteiger charge is 2.53. The van der Waals surface area contributed by atoms with Crippen molar-refractivity contribution in [2.24, 2.45) is 17.3 Å². The minimum atomic E-state index is -0.258. The Labute approximate surface area is 161 Å². The van der Waals surface area contributed by atoms with Crippen molar-refractivity contribution in [3.05, 3.63) is 18.5 Å². The van der Waals surface area contributed by atoms with Gasteiger partial charge in [-0.25, -0.2) is 0 Å². The molecule has 27 heavy (non-hydrogen) atoms. The molecule has 1 N–H and O–H groups in total. The first-order valence-corrected chi connectivity index (χ1v) is 10.4. The molecule has 7 heteroatoms. The van der Waals surface area contributed by atoms with Crippen LogP contribution in [0.15, 0.2) is 18.5 Å². The molecule has 3 fully saturated rings. The number of carbonyl (C=O) groups is 1. The van der Waals surface area contributed by atoms with E-state index >= 15 is 0 Å². The molecule has 2 aliphatic heterocycles. The average Bonchev–Trinajstić information content (AvgIpc) is 3.13. The van der Waals surface area contributed by atoms with E-state index in [1.807, 2.05) is 21.8 Å². The summed E-state index contributed by atoms with van der Waals surface area (Å²) in [6, 6.07) is 1.91. The van der Waals surface area contributed by atoms with Crippen LogP contribution >= 0.6 is 0 Å². The van der Waals surface area contributed by atoms with Crippen molar-refractivity contribution in [2.75, 3.05) is 59.5 Å². The summed E-state index contributed by atoms with van der Waals surface area (Å²) in [5.74, 6) is 0.854. The average molecular weight is 376 g/mol. The maximum absolute atomic E-state index is 13.2. The second-order valence-electron chi connectivity index (χ2n) is 8.85. The van der Waals surface area contributed by atoms with E-state index in [0.29, 0.717) is 19.0 Å². The fraction of sp³-hybridized carbons (Fsp3) is 0.800. The Morgan fingerprint density at radius 2 is 2.00 bits per heavy atom. The van der Waals surface area contributed by atoms with Crippen LogP contribution in [0, 0.1) is 17.3 Å². The molecule has 2 atom stereocenters. The Kier molecular flexibility index (Phi) is 5.53. The third kappa shape index (κ3) is 4.20. The summed E-state index contributed by atoms with van der Waals surface area (Å²) in [7, 11) is 2.19. The largest absolute Gasteiger partial charge is 0.396 e. The second-order valence-corrected chi connectivity index (χ2v) is 8.85. The van der Waals surface area contributed by atoms with Gasteiger partial charge in [0, 0.05) is 57.6 Å². The lowest BCUT2D eigenvalue weighted by Crippen LogP contribution is -2.39. The zero-order valence-corrected chi connectivity index (χ0v) is 16.5. The van der Waals surface area contributed by atoms with Gasteiger partial charge in [0.2, 0.25) is 5.91 Å². The Morgan fingerprint density at radius 3 is 2.70 bits per heavy atom. The summed E-state index contributed by atoms with van der Waals surface area (Å²) >= 11 is 0. The smallest absolute Gasteiger partial charge is 0.230 e. The molecule has 1 aromatic rings. The number of hydrogen-bond donors (Lipinski definition) is 1. The predicted molar refractivity (Wildman–Crippen MR) is 103 cm³/mol. The topological polar surface area (TPSA) is 64.8 Å². The van der Waals surface area contributed by atoms with E-state index in [0.717, 1.165) is 52.1 Å². The van der Waals surface area contributed by atoms with Crippen LogP contribution in [-0.4, -0.2) is 95.0 Å². The highest BCUT2D eigenvalue weighted by Crippen LogP contribution is 2.49. The Morgan fingerprint density at radius 1 is 1.19 bits per heavy atom. The fourth-order valence-electron chi connectivity index (χ4n) is 4.76. The first-order valence-electron chi connectivity index (χ1n) is 10.4. The van der Waals surface area contributed by atoms with Crippen molar-refractivity contribution < 1.29 is 9.90 Å². The van der Waals surface area contributed by atoms with Gasteiger partial charge in [-0.2, -0.15) is 5.10 Å². The molecule has 7 nitrogen and oxygen atoms in total. The first kappa shape index (κ1) is 18.9. The molecule has 1 aliphatic carbocycles. The number of carbonyl (C=O) groups excluding carboxylic acids is 1. The minimum Gasteiger partial charge on any atom is -0.396 e. The summed E-state index contributed by atoms with van der Waals surface area (Å²) in [6.07, 6.45) is 6.81. The van der Waals surface area contributed by atoms with Crippen molar-refractivity contribution in [1.82, 2.24) is 24.5 Å². The number of aromatic nitrogens is 2. The van der Waals surface area contributed by atoms with Crippen molar-refractivity contribution in [2.45, 2.75) is 25.8 Å². The molecule has 1 aromatic heterocycles. The summed E-state index contributed by atoms with van der Waals surface area (Å²) < 4.78 is 1.88. The van der Waals surface area contributed by atoms with E-state index in [9.17, 15) is 9.90 Å². The highest BCUT2D eigenvalue weighted by atomic mass is 16.3. The molecule has 2 saturated heterocycles. The van der Waals surface area contributed by atoms with Gasteiger partial charge in [-0.05, 0) is 51.4 Å². The number of likely N-dealkylation sites (N-methyl/N-ethyl adjacent to an activating group) is 1. The van der Waals surface area contributed by atoms with Gasteiger partial charge in [0.1, 0.15) is 0 Å². The van der Waals surface area contributed by atoms with Crippen molar-refractivity contribution in [3.63, 3.8) is 0 Å². The minimum absolute atomic E-state index is 0.175. The standard InChI is InChI=1S/C20H33N5O2/c1-22-7-3-8-23(11-10-22)12-17-13-24(14-18(17)15-26)19(27)20(4-5-20)16-25-9-2-6-21-25/h2,6,9,17-18,26H,3-5,7-8,10-16H2,1H3/t17-,18-/m1/s1. The number of aliphatic hydroxyl groups is 1. The molecular weight excluding hydrogens is 342 g/mol. The quantitative estimate of drug-likeness (QED) is 0.778. The lowest BCUT2D eigenvalue weighted by molar-refractivity contribution is -0.136. The number of aliphatic hydroxyl groups excluding tert-OH is 1. The summed E-state index contributed by atoms with van der Waals surface area (Å²) in [5, 5.41) is 14.2. The Hall–Kier alpha value is -1.44. The Balaban J connectivity index is 1.36. The van der Waals surface area contributed by atoms with Gasteiger partial charge >= 0.3 is 0 Å². The molecule has 0 bridgehead atoms. The van der Waals surface area contributed by atoms with Crippen LogP contribution in [0.1, 0.15) is 19.3 Å². The van der Waals surface area contributed by atoms with Gasteiger partial charge in [0.15, 0.2) is 0 Å². The van der Waals surface area contributed by atoms with Gasteiger partial charge < -0.3 is 19.8 Å². The highest BCUT2D eigenvalue weighted by molar-refractivity contribution is 5.85. The number of rotatable bonds is 6. The third-order valence-corrected chi connectivity index (χ3v) is 6.73. The normalized spacial score (nSPS) is 29.0. The first-order chi connectivity index (χ1) is 13.1. The van der Waals surface area contributed by atoms with Gasteiger partial charge in [-0.3, -0.25) is 9.48 Å². The van der Waals surface area contributed by atoms with Gasteiger partial charge in [-0.1, -0.05) is 0 Å². The van der Waals surface area contributed by atoms with Crippen LogP contribution in [0.5, 0.6) is 0 Å². The summed E-state index contributed by atoms with van der Waals surface area (Å²) in [4.78, 5) is 20.2. The van der Waals surface area contributed by atoms with Gasteiger partial charge in [0.05, 0.1) is 12.0 Å². The molecule has 0 unspecified atom stereocenters. The number of nitrogens with zero attached hydrogens (tertiary/aromatic N) is 5. The van der Waals surface area contributed by atoms with Crippen LogP contribution in [0.25, 0.3) is 0 Å². The SMILES string of the molecule is CN1CCCN(C[C@@H]2CN(C(=O)C3(Cn4cccn4)CC3)C[C@@H]2CO)CC1.